The summed E-state index contributed by atoms with van der Waals surface area (Å²) in [6.45, 7) is 4.67. The second kappa shape index (κ2) is 6.82. The highest BCUT2D eigenvalue weighted by atomic mass is 32.1. The number of hydrogen-bond donors (Lipinski definition) is 2. The van der Waals surface area contributed by atoms with Crippen LogP contribution in [0.1, 0.15) is 42.1 Å². The molecular weight excluding hydrogens is 286 g/mol. The van der Waals surface area contributed by atoms with Crippen molar-refractivity contribution < 1.29 is 4.79 Å². The average molecular weight is 307 g/mol. The molecule has 0 aromatic carbocycles. The highest BCUT2D eigenvalue weighted by Gasteiger charge is 2.20. The van der Waals surface area contributed by atoms with Crippen LogP contribution in [0, 0.1) is 0 Å². The maximum Gasteiger partial charge on any atom is 0.242 e. The molecule has 6 nitrogen and oxygen atoms in total. The fourth-order valence-corrected chi connectivity index (χ4v) is 2.87. The molecule has 1 amide bonds. The molecule has 0 saturated carbocycles. The second-order valence-corrected chi connectivity index (χ2v) is 6.15. The Morgan fingerprint density at radius 3 is 2.76 bits per heavy atom. The molecule has 7 heteroatoms. The van der Waals surface area contributed by atoms with E-state index in [0.29, 0.717) is 12.5 Å². The molecule has 0 aliphatic carbocycles. The largest absolute Gasteiger partial charge is 0.348 e. The van der Waals surface area contributed by atoms with Gasteiger partial charge in [-0.2, -0.15) is 5.10 Å². The quantitative estimate of drug-likeness (QED) is 0.850. The summed E-state index contributed by atoms with van der Waals surface area (Å²) < 4.78 is 1.68. The van der Waals surface area contributed by atoms with Gasteiger partial charge in [0.25, 0.3) is 0 Å². The number of likely N-dealkylation sites (N-methyl/N-ethyl adjacent to an activating group) is 1. The number of aromatic nitrogens is 3. The SMILES string of the molecule is CNC(C(=O)NCc1nc(C(C)C)cs1)c1cnn(C)c1. The molecule has 2 rings (SSSR count). The predicted octanol–water partition coefficient (Wildman–Crippen LogP) is 1.58. The van der Waals surface area contributed by atoms with Crippen molar-refractivity contribution >= 4 is 17.2 Å². The number of nitrogens with one attached hydrogen (secondary N) is 2. The van der Waals surface area contributed by atoms with Crippen LogP contribution in [0.2, 0.25) is 0 Å². The van der Waals surface area contributed by atoms with E-state index < -0.39 is 6.04 Å². The lowest BCUT2D eigenvalue weighted by Gasteiger charge is -2.13. The molecule has 0 fully saturated rings. The Morgan fingerprint density at radius 1 is 1.48 bits per heavy atom. The number of aryl methyl sites for hydroxylation is 1. The number of rotatable bonds is 6. The first-order valence-electron chi connectivity index (χ1n) is 6.89. The van der Waals surface area contributed by atoms with E-state index in [4.69, 9.17) is 0 Å². The van der Waals surface area contributed by atoms with Crippen molar-refractivity contribution in [2.24, 2.45) is 7.05 Å². The number of carbonyl (C=O) groups is 1. The van der Waals surface area contributed by atoms with Crippen LogP contribution in [0.25, 0.3) is 0 Å². The molecule has 1 atom stereocenters. The molecule has 2 N–H and O–H groups in total. The van der Waals surface area contributed by atoms with Crippen molar-refractivity contribution in [2.45, 2.75) is 32.4 Å². The smallest absolute Gasteiger partial charge is 0.242 e. The van der Waals surface area contributed by atoms with Gasteiger partial charge < -0.3 is 10.6 Å². The molecule has 2 aromatic heterocycles. The normalized spacial score (nSPS) is 12.6. The van der Waals surface area contributed by atoms with Gasteiger partial charge in [-0.15, -0.1) is 11.3 Å². The van der Waals surface area contributed by atoms with E-state index in [9.17, 15) is 4.79 Å². The van der Waals surface area contributed by atoms with Crippen molar-refractivity contribution in [3.05, 3.63) is 34.0 Å². The molecule has 0 aliphatic heterocycles. The molecule has 0 saturated heterocycles. The number of hydrogen-bond acceptors (Lipinski definition) is 5. The molecular formula is C14H21N5OS. The van der Waals surface area contributed by atoms with Crippen molar-refractivity contribution in [3.8, 4) is 0 Å². The number of carbonyl (C=O) groups excluding carboxylic acids is 1. The van der Waals surface area contributed by atoms with E-state index in [2.05, 4.69) is 34.6 Å². The summed E-state index contributed by atoms with van der Waals surface area (Å²) in [6, 6.07) is -0.400. The van der Waals surface area contributed by atoms with Gasteiger partial charge in [0.15, 0.2) is 0 Å². The van der Waals surface area contributed by atoms with E-state index in [1.54, 1.807) is 29.3 Å². The first-order valence-corrected chi connectivity index (χ1v) is 7.77. The summed E-state index contributed by atoms with van der Waals surface area (Å²) in [5, 5.41) is 13.0. The van der Waals surface area contributed by atoms with Crippen LogP contribution in [-0.4, -0.2) is 27.7 Å². The Kier molecular flexibility index (Phi) is 5.08. The molecule has 0 bridgehead atoms. The summed E-state index contributed by atoms with van der Waals surface area (Å²) >= 11 is 1.58. The van der Waals surface area contributed by atoms with Crippen molar-refractivity contribution in [2.75, 3.05) is 7.05 Å². The van der Waals surface area contributed by atoms with Gasteiger partial charge in [-0.3, -0.25) is 9.48 Å². The minimum absolute atomic E-state index is 0.0770. The molecule has 114 valence electrons. The lowest BCUT2D eigenvalue weighted by molar-refractivity contribution is -0.123. The number of amides is 1. The third kappa shape index (κ3) is 3.89. The Labute approximate surface area is 128 Å². The topological polar surface area (TPSA) is 71.8 Å². The van der Waals surface area contributed by atoms with E-state index in [1.807, 2.05) is 18.6 Å². The van der Waals surface area contributed by atoms with Crippen molar-refractivity contribution in [3.63, 3.8) is 0 Å². The molecule has 2 aromatic rings. The Bertz CT molecular complexity index is 604. The van der Waals surface area contributed by atoms with Crippen LogP contribution in [0.5, 0.6) is 0 Å². The van der Waals surface area contributed by atoms with Crippen LogP contribution >= 0.6 is 11.3 Å². The van der Waals surface area contributed by atoms with Gasteiger partial charge in [-0.25, -0.2) is 4.98 Å². The fraction of sp³-hybridized carbons (Fsp3) is 0.500. The summed E-state index contributed by atoms with van der Waals surface area (Å²) in [5.41, 5.74) is 1.92. The van der Waals surface area contributed by atoms with Gasteiger partial charge in [0.05, 0.1) is 18.4 Å². The maximum atomic E-state index is 12.3. The molecule has 0 spiro atoms. The van der Waals surface area contributed by atoms with Gasteiger partial charge in [-0.05, 0) is 13.0 Å². The minimum atomic E-state index is -0.400. The van der Waals surface area contributed by atoms with Crippen LogP contribution in [0.3, 0.4) is 0 Å². The first-order chi connectivity index (χ1) is 10.0. The van der Waals surface area contributed by atoms with E-state index in [0.717, 1.165) is 16.3 Å². The zero-order valence-corrected chi connectivity index (χ0v) is 13.6. The predicted molar refractivity (Wildman–Crippen MR) is 83.1 cm³/mol. The average Bonchev–Trinajstić information content (AvgIpc) is 3.06. The van der Waals surface area contributed by atoms with Crippen LogP contribution in [-0.2, 0) is 18.4 Å². The lowest BCUT2D eigenvalue weighted by atomic mass is 10.1. The highest BCUT2D eigenvalue weighted by molar-refractivity contribution is 7.09. The number of nitrogens with zero attached hydrogens (tertiary/aromatic N) is 3. The highest BCUT2D eigenvalue weighted by Crippen LogP contribution is 2.18. The standard InChI is InChI=1S/C14H21N5OS/c1-9(2)11-8-21-12(18-11)6-16-14(20)13(15-3)10-5-17-19(4)7-10/h5,7-9,13,15H,6H2,1-4H3,(H,16,20). The summed E-state index contributed by atoms with van der Waals surface area (Å²) in [6.07, 6.45) is 3.53. The van der Waals surface area contributed by atoms with E-state index in [1.165, 1.54) is 0 Å². The molecule has 0 aliphatic rings. The molecule has 2 heterocycles. The summed E-state index contributed by atoms with van der Waals surface area (Å²) in [5.74, 6) is 0.331. The zero-order chi connectivity index (χ0) is 15.4. The minimum Gasteiger partial charge on any atom is -0.348 e. The second-order valence-electron chi connectivity index (χ2n) is 5.21. The Balaban J connectivity index is 1.96. The Hall–Kier alpha value is -1.73. The fourth-order valence-electron chi connectivity index (χ4n) is 1.97. The zero-order valence-electron chi connectivity index (χ0n) is 12.8. The Morgan fingerprint density at radius 2 is 2.24 bits per heavy atom. The van der Waals surface area contributed by atoms with E-state index >= 15 is 0 Å². The van der Waals surface area contributed by atoms with Crippen molar-refractivity contribution in [1.29, 1.82) is 0 Å². The van der Waals surface area contributed by atoms with Crippen LogP contribution in [0.15, 0.2) is 17.8 Å². The van der Waals surface area contributed by atoms with Crippen LogP contribution in [0.4, 0.5) is 0 Å². The first kappa shape index (κ1) is 15.7. The third-order valence-electron chi connectivity index (χ3n) is 3.18. The molecule has 1 unspecified atom stereocenters. The molecule has 0 radical (unpaired) electrons. The lowest BCUT2D eigenvalue weighted by Crippen LogP contribution is -2.35. The summed E-state index contributed by atoms with van der Waals surface area (Å²) in [7, 11) is 3.59. The van der Waals surface area contributed by atoms with Gasteiger partial charge in [-0.1, -0.05) is 13.8 Å². The van der Waals surface area contributed by atoms with Crippen molar-refractivity contribution in [1.82, 2.24) is 25.4 Å². The van der Waals surface area contributed by atoms with Gasteiger partial charge in [0.2, 0.25) is 5.91 Å². The third-order valence-corrected chi connectivity index (χ3v) is 4.05. The van der Waals surface area contributed by atoms with E-state index in [-0.39, 0.29) is 5.91 Å². The monoisotopic (exact) mass is 307 g/mol. The van der Waals surface area contributed by atoms with Gasteiger partial charge in [0.1, 0.15) is 11.0 Å². The van der Waals surface area contributed by atoms with Gasteiger partial charge in [0, 0.05) is 24.2 Å². The van der Waals surface area contributed by atoms with Crippen LogP contribution < -0.4 is 10.6 Å². The maximum absolute atomic E-state index is 12.3. The number of thiazole rings is 1. The van der Waals surface area contributed by atoms with Gasteiger partial charge >= 0.3 is 0 Å². The molecule has 21 heavy (non-hydrogen) atoms. The summed E-state index contributed by atoms with van der Waals surface area (Å²) in [4.78, 5) is 16.8.